The number of hydrogen-bond acceptors (Lipinski definition) is 2. The second-order valence-electron chi connectivity index (χ2n) is 7.18. The Hall–Kier alpha value is -1.84. The van der Waals surface area contributed by atoms with E-state index in [1.807, 2.05) is 15.9 Å². The number of rotatable bonds is 2. The molecule has 2 aliphatic heterocycles. The molecule has 0 atom stereocenters. The molecule has 1 aromatic rings. The van der Waals surface area contributed by atoms with E-state index in [-0.39, 0.29) is 11.8 Å². The number of piperidine rings is 1. The smallest absolute Gasteiger partial charge is 0.238 e. The molecule has 1 aromatic carbocycles. The molecule has 4 nitrogen and oxygen atoms in total. The fourth-order valence-electron chi connectivity index (χ4n) is 4.02. The molecule has 122 valence electrons. The predicted molar refractivity (Wildman–Crippen MR) is 87.7 cm³/mol. The third-order valence-electron chi connectivity index (χ3n) is 5.63. The first-order chi connectivity index (χ1) is 11.2. The molecule has 0 aromatic heterocycles. The maximum absolute atomic E-state index is 13.1. The van der Waals surface area contributed by atoms with Crippen LogP contribution in [0, 0.1) is 5.41 Å². The van der Waals surface area contributed by atoms with Gasteiger partial charge in [-0.15, -0.1) is 0 Å². The molecule has 1 saturated heterocycles. The molecule has 0 unspecified atom stereocenters. The summed E-state index contributed by atoms with van der Waals surface area (Å²) in [4.78, 5) is 29.8. The van der Waals surface area contributed by atoms with Crippen LogP contribution in [0.15, 0.2) is 24.3 Å². The Bertz CT molecular complexity index is 630. The third kappa shape index (κ3) is 2.54. The SMILES string of the molecule is O=C(N1CCCCC1)C1(C(=O)N2CCc3ccccc3C2)CC1. The fourth-order valence-corrected chi connectivity index (χ4v) is 4.02. The average Bonchev–Trinajstić information content (AvgIpc) is 3.42. The minimum atomic E-state index is -0.719. The second-order valence-corrected chi connectivity index (χ2v) is 7.18. The number of amides is 2. The van der Waals surface area contributed by atoms with Crippen LogP contribution in [0.4, 0.5) is 0 Å². The maximum atomic E-state index is 13.1. The van der Waals surface area contributed by atoms with E-state index in [1.165, 1.54) is 17.5 Å². The van der Waals surface area contributed by atoms with E-state index < -0.39 is 5.41 Å². The Labute approximate surface area is 137 Å². The molecular weight excluding hydrogens is 288 g/mol. The van der Waals surface area contributed by atoms with Gasteiger partial charge in [0.05, 0.1) is 0 Å². The van der Waals surface area contributed by atoms with Crippen LogP contribution in [0.2, 0.25) is 0 Å². The van der Waals surface area contributed by atoms with Gasteiger partial charge in [0, 0.05) is 26.2 Å². The molecule has 0 N–H and O–H groups in total. The first kappa shape index (κ1) is 14.7. The lowest BCUT2D eigenvalue weighted by Crippen LogP contribution is -2.49. The molecule has 3 aliphatic rings. The number of fused-ring (bicyclic) bond motifs is 1. The van der Waals surface area contributed by atoms with Crippen molar-refractivity contribution in [1.82, 2.24) is 9.80 Å². The van der Waals surface area contributed by atoms with Gasteiger partial charge >= 0.3 is 0 Å². The van der Waals surface area contributed by atoms with Crippen LogP contribution in [-0.4, -0.2) is 41.2 Å². The van der Waals surface area contributed by atoms with Crippen molar-refractivity contribution in [3.8, 4) is 0 Å². The Morgan fingerprint density at radius 3 is 2.17 bits per heavy atom. The Balaban J connectivity index is 1.49. The monoisotopic (exact) mass is 312 g/mol. The van der Waals surface area contributed by atoms with Crippen LogP contribution in [0.5, 0.6) is 0 Å². The Kier molecular flexibility index (Phi) is 3.63. The predicted octanol–water partition coefficient (Wildman–Crippen LogP) is 2.36. The van der Waals surface area contributed by atoms with Crippen molar-refractivity contribution < 1.29 is 9.59 Å². The van der Waals surface area contributed by atoms with Gasteiger partial charge in [0.25, 0.3) is 0 Å². The highest BCUT2D eigenvalue weighted by Crippen LogP contribution is 2.49. The Morgan fingerprint density at radius 1 is 0.826 bits per heavy atom. The topological polar surface area (TPSA) is 40.6 Å². The zero-order chi connectivity index (χ0) is 15.9. The summed E-state index contributed by atoms with van der Waals surface area (Å²) in [5.74, 6) is 0.170. The normalized spacial score (nSPS) is 22.4. The van der Waals surface area contributed by atoms with Crippen LogP contribution in [0.1, 0.15) is 43.2 Å². The number of hydrogen-bond donors (Lipinski definition) is 0. The molecule has 4 heteroatoms. The van der Waals surface area contributed by atoms with E-state index in [9.17, 15) is 9.59 Å². The molecule has 0 bridgehead atoms. The summed E-state index contributed by atoms with van der Waals surface area (Å²) in [5.41, 5.74) is 1.85. The maximum Gasteiger partial charge on any atom is 0.238 e. The van der Waals surface area contributed by atoms with Crippen molar-refractivity contribution in [2.75, 3.05) is 19.6 Å². The highest BCUT2D eigenvalue weighted by atomic mass is 16.2. The standard InChI is InChI=1S/C19H24N2O2/c22-17(20-11-4-1-5-12-20)19(9-10-19)18(23)21-13-8-15-6-2-3-7-16(15)14-21/h2-3,6-7H,1,4-5,8-14H2. The van der Waals surface area contributed by atoms with Crippen LogP contribution < -0.4 is 0 Å². The minimum Gasteiger partial charge on any atom is -0.342 e. The average molecular weight is 312 g/mol. The van der Waals surface area contributed by atoms with Crippen LogP contribution in [-0.2, 0) is 22.6 Å². The van der Waals surface area contributed by atoms with Crippen LogP contribution >= 0.6 is 0 Å². The van der Waals surface area contributed by atoms with Crippen LogP contribution in [0.25, 0.3) is 0 Å². The van der Waals surface area contributed by atoms with Gasteiger partial charge in [0.2, 0.25) is 11.8 Å². The molecule has 4 rings (SSSR count). The summed E-state index contributed by atoms with van der Waals surface area (Å²) >= 11 is 0. The van der Waals surface area contributed by atoms with Gasteiger partial charge in [-0.1, -0.05) is 24.3 Å². The zero-order valence-electron chi connectivity index (χ0n) is 13.6. The van der Waals surface area contributed by atoms with Crippen LogP contribution in [0.3, 0.4) is 0 Å². The van der Waals surface area contributed by atoms with Crippen molar-refractivity contribution in [2.24, 2.45) is 5.41 Å². The van der Waals surface area contributed by atoms with Gasteiger partial charge in [-0.2, -0.15) is 0 Å². The minimum absolute atomic E-state index is 0.0718. The molecule has 2 amide bonds. The largest absolute Gasteiger partial charge is 0.342 e. The molecule has 23 heavy (non-hydrogen) atoms. The quantitative estimate of drug-likeness (QED) is 0.787. The number of likely N-dealkylation sites (tertiary alicyclic amines) is 1. The molecule has 2 heterocycles. The molecule has 0 radical (unpaired) electrons. The van der Waals surface area contributed by atoms with E-state index in [0.29, 0.717) is 6.54 Å². The van der Waals surface area contributed by atoms with Gasteiger partial charge in [-0.3, -0.25) is 9.59 Å². The van der Waals surface area contributed by atoms with E-state index in [4.69, 9.17) is 0 Å². The molecule has 2 fully saturated rings. The summed E-state index contributed by atoms with van der Waals surface area (Å²) in [6, 6.07) is 8.32. The van der Waals surface area contributed by atoms with Gasteiger partial charge < -0.3 is 9.80 Å². The lowest BCUT2D eigenvalue weighted by molar-refractivity contribution is -0.150. The summed E-state index contributed by atoms with van der Waals surface area (Å²) in [7, 11) is 0. The molecule has 1 aliphatic carbocycles. The summed E-state index contributed by atoms with van der Waals surface area (Å²) in [6.07, 6.45) is 5.72. The van der Waals surface area contributed by atoms with E-state index in [0.717, 1.165) is 51.7 Å². The fraction of sp³-hybridized carbons (Fsp3) is 0.579. The van der Waals surface area contributed by atoms with Crippen molar-refractivity contribution in [2.45, 2.75) is 45.1 Å². The van der Waals surface area contributed by atoms with Gasteiger partial charge in [0.15, 0.2) is 0 Å². The van der Waals surface area contributed by atoms with Crippen molar-refractivity contribution in [3.05, 3.63) is 35.4 Å². The summed E-state index contributed by atoms with van der Waals surface area (Å²) in [6.45, 7) is 3.06. The van der Waals surface area contributed by atoms with Gasteiger partial charge in [-0.25, -0.2) is 0 Å². The van der Waals surface area contributed by atoms with E-state index in [2.05, 4.69) is 18.2 Å². The van der Waals surface area contributed by atoms with Crippen molar-refractivity contribution in [1.29, 1.82) is 0 Å². The zero-order valence-corrected chi connectivity index (χ0v) is 13.6. The number of benzene rings is 1. The lowest BCUT2D eigenvalue weighted by atomic mass is 9.96. The second kappa shape index (κ2) is 5.66. The summed E-state index contributed by atoms with van der Waals surface area (Å²) in [5, 5.41) is 0. The van der Waals surface area contributed by atoms with Gasteiger partial charge in [-0.05, 0) is 49.7 Å². The highest BCUT2D eigenvalue weighted by molar-refractivity contribution is 6.07. The number of carbonyl (C=O) groups excluding carboxylic acids is 2. The Morgan fingerprint density at radius 2 is 1.48 bits per heavy atom. The number of nitrogens with zero attached hydrogens (tertiary/aromatic N) is 2. The molecular formula is C19H24N2O2. The van der Waals surface area contributed by atoms with Gasteiger partial charge in [0.1, 0.15) is 5.41 Å². The lowest BCUT2D eigenvalue weighted by Gasteiger charge is -2.34. The first-order valence-corrected chi connectivity index (χ1v) is 8.86. The highest BCUT2D eigenvalue weighted by Gasteiger charge is 2.59. The van der Waals surface area contributed by atoms with E-state index in [1.54, 1.807) is 0 Å². The third-order valence-corrected chi connectivity index (χ3v) is 5.63. The number of carbonyl (C=O) groups is 2. The van der Waals surface area contributed by atoms with Crippen molar-refractivity contribution in [3.63, 3.8) is 0 Å². The molecule has 1 saturated carbocycles. The van der Waals surface area contributed by atoms with E-state index >= 15 is 0 Å². The molecule has 0 spiro atoms. The summed E-state index contributed by atoms with van der Waals surface area (Å²) < 4.78 is 0. The van der Waals surface area contributed by atoms with Crippen molar-refractivity contribution >= 4 is 11.8 Å². The first-order valence-electron chi connectivity index (χ1n) is 8.86.